The van der Waals surface area contributed by atoms with Crippen molar-refractivity contribution in [2.75, 3.05) is 30.3 Å². The molecule has 2 aromatic heterocycles. The molecule has 3 heterocycles. The molecular formula is C34H42N8O6. The average molecular weight is 659 g/mol. The molecular weight excluding hydrogens is 616 g/mol. The molecule has 4 aromatic rings. The fraction of sp³-hybridized carbons (Fsp3) is 0.324. The van der Waals surface area contributed by atoms with Gasteiger partial charge in [-0.2, -0.15) is 5.10 Å². The van der Waals surface area contributed by atoms with Crippen LogP contribution in [-0.2, 0) is 5.41 Å². The summed E-state index contributed by atoms with van der Waals surface area (Å²) in [6.07, 6.45) is 5.07. The first-order valence-electron chi connectivity index (χ1n) is 15.5. The van der Waals surface area contributed by atoms with Crippen molar-refractivity contribution in [2.24, 2.45) is 17.4 Å². The summed E-state index contributed by atoms with van der Waals surface area (Å²) in [4.78, 5) is 38.6. The van der Waals surface area contributed by atoms with Crippen molar-refractivity contribution in [3.63, 3.8) is 0 Å². The highest BCUT2D eigenvalue weighted by molar-refractivity contribution is 5.99. The summed E-state index contributed by atoms with van der Waals surface area (Å²) in [7, 11) is 0. The minimum atomic E-state index is -0.844. The second-order valence-corrected chi connectivity index (χ2v) is 12.2. The van der Waals surface area contributed by atoms with Gasteiger partial charge in [0, 0.05) is 36.5 Å². The van der Waals surface area contributed by atoms with E-state index in [4.69, 9.17) is 24.5 Å². The molecule has 0 radical (unpaired) electrons. The third kappa shape index (κ3) is 10.6. The number of aromatic nitrogens is 3. The summed E-state index contributed by atoms with van der Waals surface area (Å²) in [6, 6.07) is 18.9. The number of carbonyl (C=O) groups is 3. The highest BCUT2D eigenvalue weighted by Gasteiger charge is 2.23. The Kier molecular flexibility index (Phi) is 11.8. The van der Waals surface area contributed by atoms with Crippen LogP contribution in [0.3, 0.4) is 0 Å². The first-order valence-corrected chi connectivity index (χ1v) is 15.5. The van der Waals surface area contributed by atoms with Gasteiger partial charge in [-0.1, -0.05) is 20.8 Å². The Balaban J connectivity index is 0.00000123. The largest absolute Gasteiger partial charge is 0.494 e. The third-order valence-electron chi connectivity index (χ3n) is 7.46. The summed E-state index contributed by atoms with van der Waals surface area (Å²) in [5.41, 5.74) is 10.5. The number of nitrogens with one attached hydrogen (secondary N) is 2. The minimum absolute atomic E-state index is 0.230. The van der Waals surface area contributed by atoms with E-state index in [1.54, 1.807) is 47.4 Å². The number of amides is 5. The van der Waals surface area contributed by atoms with Crippen molar-refractivity contribution in [2.45, 2.75) is 45.4 Å². The van der Waals surface area contributed by atoms with Crippen molar-refractivity contribution in [1.82, 2.24) is 19.7 Å². The number of likely N-dealkylation sites (tertiary alicyclic amines) is 1. The minimum Gasteiger partial charge on any atom is -0.494 e. The van der Waals surface area contributed by atoms with Gasteiger partial charge in [-0.15, -0.1) is 0 Å². The zero-order valence-corrected chi connectivity index (χ0v) is 27.3. The number of nitrogens with zero attached hydrogens (tertiary/aromatic N) is 4. The molecule has 0 saturated carbocycles. The summed E-state index contributed by atoms with van der Waals surface area (Å²) >= 11 is 0. The van der Waals surface area contributed by atoms with Gasteiger partial charge in [-0.25, -0.2) is 19.1 Å². The average Bonchev–Trinajstić information content (AvgIpc) is 3.47. The Bertz CT molecular complexity index is 1640. The summed E-state index contributed by atoms with van der Waals surface area (Å²) < 4.78 is 13.5. The van der Waals surface area contributed by atoms with E-state index in [0.29, 0.717) is 48.6 Å². The van der Waals surface area contributed by atoms with E-state index in [0.717, 1.165) is 36.4 Å². The van der Waals surface area contributed by atoms with Gasteiger partial charge in [0.15, 0.2) is 0 Å². The van der Waals surface area contributed by atoms with Crippen LogP contribution in [0.2, 0.25) is 0 Å². The van der Waals surface area contributed by atoms with Crippen LogP contribution >= 0.6 is 0 Å². The maximum atomic E-state index is 13.0. The molecule has 1 saturated heterocycles. The number of hydrogen-bond donors (Lipinski definition) is 5. The van der Waals surface area contributed by atoms with E-state index in [2.05, 4.69) is 47.9 Å². The Hall–Kier alpha value is -5.79. The van der Waals surface area contributed by atoms with Gasteiger partial charge < -0.3 is 36.3 Å². The molecule has 1 aliphatic heterocycles. The molecule has 0 atom stereocenters. The standard InChI is InChI=1S/C33H38N6O5.CH4N2O/c1-33(2,3)29-21-30(36-31(40)35-24-6-10-27(11-7-24)44-28-5-4-17-34-22-28)39(37-29)25-8-12-26(13-9-25)43-20-16-23-14-18-38(19-15-23)32(41)42;2-1(3)4/h4-13,17,21-23H,14-16,18-20H2,1-3H3,(H,41,42)(H2,35,36,40);(H4,2,3,4). The number of rotatable bonds is 9. The lowest BCUT2D eigenvalue weighted by Crippen LogP contribution is -2.37. The van der Waals surface area contributed by atoms with Gasteiger partial charge in [-0.3, -0.25) is 10.3 Å². The van der Waals surface area contributed by atoms with E-state index in [-0.39, 0.29) is 5.41 Å². The van der Waals surface area contributed by atoms with E-state index < -0.39 is 18.2 Å². The number of piperidine rings is 1. The van der Waals surface area contributed by atoms with Gasteiger partial charge >= 0.3 is 18.2 Å². The SMILES string of the molecule is CC(C)(C)c1cc(NC(=O)Nc2ccc(Oc3cccnc3)cc2)n(-c2ccc(OCCC3CCN(C(=O)O)CC3)cc2)n1.NC(N)=O. The molecule has 5 amide bonds. The molecule has 0 spiro atoms. The number of anilines is 2. The topological polar surface area (TPSA) is 200 Å². The second-order valence-electron chi connectivity index (χ2n) is 12.2. The van der Waals surface area contributed by atoms with Crippen molar-refractivity contribution in [3.05, 3.63) is 84.8 Å². The molecule has 7 N–H and O–H groups in total. The van der Waals surface area contributed by atoms with Crippen LogP contribution in [0.4, 0.5) is 25.9 Å². The van der Waals surface area contributed by atoms with Crippen LogP contribution in [0.5, 0.6) is 17.2 Å². The monoisotopic (exact) mass is 658 g/mol. The smallest absolute Gasteiger partial charge is 0.407 e. The van der Waals surface area contributed by atoms with E-state index in [9.17, 15) is 9.59 Å². The van der Waals surface area contributed by atoms with Crippen LogP contribution in [0.25, 0.3) is 5.69 Å². The third-order valence-corrected chi connectivity index (χ3v) is 7.46. The predicted octanol–water partition coefficient (Wildman–Crippen LogP) is 6.18. The Morgan fingerprint density at radius 3 is 2.17 bits per heavy atom. The van der Waals surface area contributed by atoms with Gasteiger partial charge in [0.2, 0.25) is 0 Å². The highest BCUT2D eigenvalue weighted by atomic mass is 16.5. The lowest BCUT2D eigenvalue weighted by atomic mass is 9.92. The molecule has 5 rings (SSSR count). The number of nitrogens with two attached hydrogens (primary N) is 2. The maximum absolute atomic E-state index is 13.0. The molecule has 2 aromatic carbocycles. The van der Waals surface area contributed by atoms with E-state index >= 15 is 0 Å². The number of primary amides is 2. The Morgan fingerprint density at radius 2 is 1.58 bits per heavy atom. The van der Waals surface area contributed by atoms with Crippen molar-refractivity contribution < 1.29 is 29.0 Å². The molecule has 14 heteroatoms. The number of urea groups is 2. The number of carbonyl (C=O) groups excluding carboxylic acids is 2. The summed E-state index contributed by atoms with van der Waals surface area (Å²) in [5.74, 6) is 2.99. The van der Waals surface area contributed by atoms with Crippen LogP contribution < -0.4 is 31.6 Å². The number of pyridine rings is 1. The molecule has 1 fully saturated rings. The molecule has 14 nitrogen and oxygen atoms in total. The first-order chi connectivity index (χ1) is 22.9. The molecule has 0 aliphatic carbocycles. The molecule has 0 unspecified atom stereocenters. The lowest BCUT2D eigenvalue weighted by Gasteiger charge is -2.29. The molecule has 1 aliphatic rings. The van der Waals surface area contributed by atoms with Crippen molar-refractivity contribution in [3.8, 4) is 22.9 Å². The van der Waals surface area contributed by atoms with Crippen molar-refractivity contribution in [1.29, 1.82) is 0 Å². The quantitative estimate of drug-likeness (QED) is 0.140. The van der Waals surface area contributed by atoms with E-state index in [1.165, 1.54) is 4.90 Å². The molecule has 254 valence electrons. The molecule has 48 heavy (non-hydrogen) atoms. The van der Waals surface area contributed by atoms with Crippen LogP contribution in [0.1, 0.15) is 45.7 Å². The number of carboxylic acid groups (broad SMARTS) is 1. The number of benzene rings is 2. The summed E-state index contributed by atoms with van der Waals surface area (Å²) in [6.45, 7) is 7.94. The van der Waals surface area contributed by atoms with Gasteiger partial charge in [-0.05, 0) is 85.8 Å². The fourth-order valence-electron chi connectivity index (χ4n) is 4.90. The Labute approximate surface area is 279 Å². The lowest BCUT2D eigenvalue weighted by molar-refractivity contribution is 0.119. The molecule has 0 bridgehead atoms. The van der Waals surface area contributed by atoms with E-state index in [1.807, 2.05) is 36.4 Å². The normalized spacial score (nSPS) is 13.1. The summed E-state index contributed by atoms with van der Waals surface area (Å²) in [5, 5.41) is 19.7. The predicted molar refractivity (Wildman–Crippen MR) is 182 cm³/mol. The maximum Gasteiger partial charge on any atom is 0.407 e. The zero-order valence-electron chi connectivity index (χ0n) is 27.3. The first kappa shape index (κ1) is 35.1. The van der Waals surface area contributed by atoms with Crippen molar-refractivity contribution >= 4 is 29.7 Å². The Morgan fingerprint density at radius 1 is 0.938 bits per heavy atom. The second kappa shape index (κ2) is 16.2. The van der Waals surface area contributed by atoms with Gasteiger partial charge in [0.05, 0.1) is 24.2 Å². The zero-order chi connectivity index (χ0) is 34.7. The highest BCUT2D eigenvalue weighted by Crippen LogP contribution is 2.28. The van der Waals surface area contributed by atoms with Crippen LogP contribution in [0.15, 0.2) is 79.1 Å². The van der Waals surface area contributed by atoms with Gasteiger partial charge in [0.1, 0.15) is 23.1 Å². The number of ether oxygens (including phenoxy) is 2. The van der Waals surface area contributed by atoms with Crippen LogP contribution in [-0.4, -0.2) is 62.6 Å². The van der Waals surface area contributed by atoms with Crippen LogP contribution in [0, 0.1) is 5.92 Å². The number of hydrogen-bond acceptors (Lipinski definition) is 7. The van der Waals surface area contributed by atoms with Gasteiger partial charge in [0.25, 0.3) is 0 Å². The fourth-order valence-corrected chi connectivity index (χ4v) is 4.90.